The Morgan fingerprint density at radius 1 is 1.19 bits per heavy atom. The van der Waals surface area contributed by atoms with Gasteiger partial charge in [-0.2, -0.15) is 0 Å². The molecular formula is C27H35FN4O4. The fourth-order valence-electron chi connectivity index (χ4n) is 4.85. The second-order valence-electron chi connectivity index (χ2n) is 11.0. The number of fused-ring (bicyclic) bond motifs is 1. The molecule has 3 heterocycles. The molecule has 0 bridgehead atoms. The van der Waals surface area contributed by atoms with Crippen LogP contribution in [0.4, 0.5) is 4.39 Å². The number of carbonyl (C=O) groups is 2. The fourth-order valence-corrected chi connectivity index (χ4v) is 4.85. The molecule has 8 nitrogen and oxygen atoms in total. The number of nitrogens with zero attached hydrogens (tertiary/aromatic N) is 3. The zero-order valence-electron chi connectivity index (χ0n) is 21.3. The van der Waals surface area contributed by atoms with Crippen molar-refractivity contribution in [3.8, 4) is 0 Å². The van der Waals surface area contributed by atoms with Crippen molar-refractivity contribution in [2.45, 2.75) is 53.2 Å². The van der Waals surface area contributed by atoms with Gasteiger partial charge in [-0.05, 0) is 55.6 Å². The van der Waals surface area contributed by atoms with Gasteiger partial charge in [0, 0.05) is 24.4 Å². The van der Waals surface area contributed by atoms with Crippen LogP contribution in [0.1, 0.15) is 61.1 Å². The zero-order chi connectivity index (χ0) is 25.9. The summed E-state index contributed by atoms with van der Waals surface area (Å²) in [7, 11) is 0. The van der Waals surface area contributed by atoms with Crippen LogP contribution in [0.5, 0.6) is 0 Å². The highest BCUT2D eigenvalue weighted by Crippen LogP contribution is 2.23. The molecule has 4 rings (SSSR count). The van der Waals surface area contributed by atoms with Gasteiger partial charge < -0.3 is 14.6 Å². The molecule has 0 atom stereocenters. The Kier molecular flexibility index (Phi) is 8.00. The number of aromatic nitrogens is 2. The van der Waals surface area contributed by atoms with Crippen molar-refractivity contribution in [1.82, 2.24) is 19.8 Å². The summed E-state index contributed by atoms with van der Waals surface area (Å²) < 4.78 is 18.6. The lowest BCUT2D eigenvalue weighted by molar-refractivity contribution is -0.134. The van der Waals surface area contributed by atoms with E-state index < -0.39 is 0 Å². The maximum Gasteiger partial charge on any atom is 0.256 e. The van der Waals surface area contributed by atoms with E-state index >= 15 is 0 Å². The molecule has 194 valence electrons. The van der Waals surface area contributed by atoms with Crippen LogP contribution in [0.15, 0.2) is 29.1 Å². The highest BCUT2D eigenvalue weighted by atomic mass is 19.1. The number of aromatic amines is 1. The van der Waals surface area contributed by atoms with Crippen LogP contribution in [-0.2, 0) is 29.1 Å². The first kappa shape index (κ1) is 26.2. The van der Waals surface area contributed by atoms with Gasteiger partial charge in [0.15, 0.2) is 5.78 Å². The summed E-state index contributed by atoms with van der Waals surface area (Å²) in [6.45, 7) is 9.29. The largest absolute Gasteiger partial charge is 0.376 e. The number of nitrogens with one attached hydrogen (secondary N) is 1. The quantitative estimate of drug-likeness (QED) is 0.590. The smallest absolute Gasteiger partial charge is 0.256 e. The molecule has 2 aliphatic rings. The Hall–Kier alpha value is -2.91. The number of piperidine rings is 1. The van der Waals surface area contributed by atoms with E-state index in [4.69, 9.17) is 4.74 Å². The van der Waals surface area contributed by atoms with E-state index in [-0.39, 0.29) is 54.1 Å². The Morgan fingerprint density at radius 2 is 1.89 bits per heavy atom. The van der Waals surface area contributed by atoms with Gasteiger partial charge in [0.05, 0.1) is 37.6 Å². The van der Waals surface area contributed by atoms with Crippen molar-refractivity contribution < 1.29 is 18.7 Å². The third-order valence-corrected chi connectivity index (χ3v) is 6.68. The van der Waals surface area contributed by atoms with Crippen LogP contribution in [0, 0.1) is 17.2 Å². The molecule has 1 saturated heterocycles. The number of ether oxygens (including phenoxy) is 1. The fraction of sp³-hybridized carbons (Fsp3) is 0.556. The van der Waals surface area contributed by atoms with Crippen molar-refractivity contribution in [3.63, 3.8) is 0 Å². The minimum absolute atomic E-state index is 0.0306. The first-order valence-electron chi connectivity index (χ1n) is 12.6. The molecule has 1 amide bonds. The number of H-pyrrole nitrogens is 1. The maximum atomic E-state index is 13.4. The minimum Gasteiger partial charge on any atom is -0.376 e. The van der Waals surface area contributed by atoms with Gasteiger partial charge in [-0.25, -0.2) is 9.37 Å². The molecule has 1 aromatic carbocycles. The van der Waals surface area contributed by atoms with Gasteiger partial charge >= 0.3 is 0 Å². The lowest BCUT2D eigenvalue weighted by Gasteiger charge is -2.34. The Bertz CT molecular complexity index is 1150. The number of Topliss-reactive ketones (excluding diaryl/α,β-unsaturated/α-hetero) is 1. The van der Waals surface area contributed by atoms with Crippen molar-refractivity contribution in [2.24, 2.45) is 11.3 Å². The standard InChI is InChI=1S/C27H35FN4O4/c1-27(2,3)17-32(14-23-29-22-10-13-36-16-21(22)26(35)30-23)24(33)15-31-11-8-19(9-12-31)25(34)18-4-6-20(28)7-5-18/h4-7,19H,8-17H2,1-3H3,(H,29,30,35). The molecule has 0 saturated carbocycles. The Labute approximate surface area is 210 Å². The van der Waals surface area contributed by atoms with E-state index in [1.807, 2.05) is 0 Å². The number of hydrogen-bond acceptors (Lipinski definition) is 6. The molecular weight excluding hydrogens is 463 g/mol. The molecule has 2 aliphatic heterocycles. The SMILES string of the molecule is CC(C)(C)CN(Cc1nc2c(c(=O)[nH]1)COCC2)C(=O)CN1CCC(C(=O)c2ccc(F)cc2)CC1. The zero-order valence-corrected chi connectivity index (χ0v) is 21.3. The van der Waals surface area contributed by atoms with Gasteiger partial charge in [0.2, 0.25) is 5.91 Å². The third-order valence-electron chi connectivity index (χ3n) is 6.68. The predicted octanol–water partition coefficient (Wildman–Crippen LogP) is 2.95. The number of rotatable bonds is 7. The van der Waals surface area contributed by atoms with Crippen LogP contribution in [0.2, 0.25) is 0 Å². The van der Waals surface area contributed by atoms with Crippen LogP contribution in [-0.4, -0.2) is 64.2 Å². The monoisotopic (exact) mass is 498 g/mol. The summed E-state index contributed by atoms with van der Waals surface area (Å²) in [6, 6.07) is 5.68. The molecule has 0 unspecified atom stereocenters. The number of hydrogen-bond donors (Lipinski definition) is 1. The van der Waals surface area contributed by atoms with E-state index in [1.54, 1.807) is 4.90 Å². The van der Waals surface area contributed by atoms with E-state index in [1.165, 1.54) is 24.3 Å². The Balaban J connectivity index is 1.38. The first-order valence-corrected chi connectivity index (χ1v) is 12.6. The van der Waals surface area contributed by atoms with Crippen LogP contribution in [0.25, 0.3) is 0 Å². The van der Waals surface area contributed by atoms with Gasteiger partial charge in [0.25, 0.3) is 5.56 Å². The topological polar surface area (TPSA) is 95.6 Å². The summed E-state index contributed by atoms with van der Waals surface area (Å²) in [5.74, 6) is 0.00609. The number of benzene rings is 1. The molecule has 0 aliphatic carbocycles. The van der Waals surface area contributed by atoms with E-state index in [2.05, 4.69) is 35.6 Å². The van der Waals surface area contributed by atoms with E-state index in [9.17, 15) is 18.8 Å². The van der Waals surface area contributed by atoms with Crippen molar-refractivity contribution >= 4 is 11.7 Å². The number of likely N-dealkylation sites (tertiary alicyclic amines) is 1. The maximum absolute atomic E-state index is 13.4. The van der Waals surface area contributed by atoms with Gasteiger partial charge in [-0.3, -0.25) is 19.3 Å². The van der Waals surface area contributed by atoms with Crippen molar-refractivity contribution in [2.75, 3.05) is 32.8 Å². The molecule has 2 aromatic rings. The van der Waals surface area contributed by atoms with Crippen LogP contribution in [0.3, 0.4) is 0 Å². The summed E-state index contributed by atoms with van der Waals surface area (Å²) in [5, 5.41) is 0. The van der Waals surface area contributed by atoms with Crippen molar-refractivity contribution in [3.05, 3.63) is 63.1 Å². The van der Waals surface area contributed by atoms with E-state index in [0.717, 1.165) is 5.69 Å². The number of carbonyl (C=O) groups excluding carboxylic acids is 2. The lowest BCUT2D eigenvalue weighted by Crippen LogP contribution is -2.46. The predicted molar refractivity (Wildman–Crippen MR) is 133 cm³/mol. The molecule has 1 aromatic heterocycles. The molecule has 0 radical (unpaired) electrons. The molecule has 36 heavy (non-hydrogen) atoms. The second kappa shape index (κ2) is 11.0. The van der Waals surface area contributed by atoms with Crippen molar-refractivity contribution in [1.29, 1.82) is 0 Å². The van der Waals surface area contributed by atoms with Gasteiger partial charge in [-0.1, -0.05) is 20.8 Å². The van der Waals surface area contributed by atoms with Crippen LogP contribution < -0.4 is 5.56 Å². The number of ketones is 1. The lowest BCUT2D eigenvalue weighted by atomic mass is 9.89. The highest BCUT2D eigenvalue weighted by molar-refractivity contribution is 5.97. The van der Waals surface area contributed by atoms with Crippen LogP contribution >= 0.6 is 0 Å². The Morgan fingerprint density at radius 3 is 2.56 bits per heavy atom. The molecule has 0 spiro atoms. The first-order chi connectivity index (χ1) is 17.1. The molecule has 1 fully saturated rings. The number of amides is 1. The number of halogens is 1. The second-order valence-corrected chi connectivity index (χ2v) is 11.0. The summed E-state index contributed by atoms with van der Waals surface area (Å²) in [6.07, 6.45) is 1.90. The minimum atomic E-state index is -0.358. The van der Waals surface area contributed by atoms with E-state index in [0.29, 0.717) is 62.5 Å². The third kappa shape index (κ3) is 6.64. The molecule has 9 heteroatoms. The molecule has 1 N–H and O–H groups in total. The normalized spacial score (nSPS) is 17.0. The summed E-state index contributed by atoms with van der Waals surface area (Å²) in [4.78, 5) is 50.0. The van der Waals surface area contributed by atoms with Gasteiger partial charge in [0.1, 0.15) is 11.6 Å². The highest BCUT2D eigenvalue weighted by Gasteiger charge is 2.29. The average Bonchev–Trinajstić information content (AvgIpc) is 2.83. The average molecular weight is 499 g/mol. The summed E-state index contributed by atoms with van der Waals surface area (Å²) >= 11 is 0. The summed E-state index contributed by atoms with van der Waals surface area (Å²) in [5.41, 5.74) is 1.51. The van der Waals surface area contributed by atoms with Gasteiger partial charge in [-0.15, -0.1) is 0 Å².